The van der Waals surface area contributed by atoms with E-state index >= 15 is 0 Å². The van der Waals surface area contributed by atoms with E-state index in [9.17, 15) is 19.7 Å². The molecule has 9 heteroatoms. The zero-order valence-corrected chi connectivity index (χ0v) is 16.1. The molecule has 0 saturated heterocycles. The van der Waals surface area contributed by atoms with Crippen LogP contribution in [-0.2, 0) is 0 Å². The van der Waals surface area contributed by atoms with E-state index in [2.05, 4.69) is 10.5 Å². The Morgan fingerprint density at radius 1 is 1.00 bits per heavy atom. The molecule has 3 aromatic carbocycles. The highest BCUT2D eigenvalue weighted by atomic mass is 35.5. The Bertz CT molecular complexity index is 1110. The Hall–Kier alpha value is -4.04. The van der Waals surface area contributed by atoms with Crippen LogP contribution >= 0.6 is 11.6 Å². The van der Waals surface area contributed by atoms with Crippen LogP contribution in [0.4, 0.5) is 5.69 Å². The smallest absolute Gasteiger partial charge is 0.345 e. The minimum Gasteiger partial charge on any atom is -0.423 e. The van der Waals surface area contributed by atoms with E-state index in [4.69, 9.17) is 16.3 Å². The van der Waals surface area contributed by atoms with Gasteiger partial charge in [0.1, 0.15) is 5.75 Å². The molecule has 3 aromatic rings. The van der Waals surface area contributed by atoms with E-state index in [-0.39, 0.29) is 16.8 Å². The maximum atomic E-state index is 12.1. The van der Waals surface area contributed by atoms with Crippen LogP contribution in [0, 0.1) is 10.1 Å². The largest absolute Gasteiger partial charge is 0.423 e. The van der Waals surface area contributed by atoms with E-state index in [1.807, 2.05) is 0 Å². The van der Waals surface area contributed by atoms with E-state index in [0.29, 0.717) is 16.3 Å². The number of non-ortho nitro benzene ring substituents is 1. The first kappa shape index (κ1) is 20.7. The van der Waals surface area contributed by atoms with Crippen molar-refractivity contribution >= 4 is 35.4 Å². The van der Waals surface area contributed by atoms with Gasteiger partial charge >= 0.3 is 5.97 Å². The van der Waals surface area contributed by atoms with Crippen molar-refractivity contribution in [1.29, 1.82) is 0 Å². The van der Waals surface area contributed by atoms with Crippen molar-refractivity contribution < 1.29 is 19.2 Å². The second-order valence-electron chi connectivity index (χ2n) is 5.94. The number of hydrazone groups is 1. The van der Waals surface area contributed by atoms with Crippen molar-refractivity contribution in [2.24, 2.45) is 5.10 Å². The summed E-state index contributed by atoms with van der Waals surface area (Å²) >= 11 is 5.98. The van der Waals surface area contributed by atoms with Crippen LogP contribution in [0.5, 0.6) is 5.75 Å². The van der Waals surface area contributed by atoms with Crippen molar-refractivity contribution in [3.63, 3.8) is 0 Å². The lowest BCUT2D eigenvalue weighted by atomic mass is 10.2. The van der Waals surface area contributed by atoms with Gasteiger partial charge in [-0.15, -0.1) is 0 Å². The average Bonchev–Trinajstić information content (AvgIpc) is 2.75. The molecule has 1 amide bonds. The number of amides is 1. The van der Waals surface area contributed by atoms with Gasteiger partial charge in [-0.1, -0.05) is 23.7 Å². The third kappa shape index (κ3) is 5.27. The number of ether oxygens (including phenoxy) is 1. The van der Waals surface area contributed by atoms with Gasteiger partial charge in [-0.3, -0.25) is 14.9 Å². The normalized spacial score (nSPS) is 10.6. The Kier molecular flexibility index (Phi) is 6.51. The molecule has 0 atom stereocenters. The van der Waals surface area contributed by atoms with E-state index in [0.717, 1.165) is 0 Å². The lowest BCUT2D eigenvalue weighted by Crippen LogP contribution is -2.17. The number of halogens is 1. The minimum absolute atomic E-state index is 0.106. The quantitative estimate of drug-likeness (QED) is 0.210. The molecular weight excluding hydrogens is 410 g/mol. The van der Waals surface area contributed by atoms with Crippen LogP contribution in [0.3, 0.4) is 0 Å². The molecule has 0 saturated carbocycles. The molecule has 0 spiro atoms. The molecule has 8 nitrogen and oxygen atoms in total. The minimum atomic E-state index is -0.572. The molecule has 0 fully saturated rings. The van der Waals surface area contributed by atoms with E-state index in [1.54, 1.807) is 48.5 Å². The highest BCUT2D eigenvalue weighted by molar-refractivity contribution is 6.33. The number of rotatable bonds is 6. The molecule has 0 unspecified atom stereocenters. The fourth-order valence-corrected chi connectivity index (χ4v) is 2.59. The molecule has 3 rings (SSSR count). The molecule has 0 heterocycles. The van der Waals surface area contributed by atoms with E-state index < -0.39 is 16.8 Å². The van der Waals surface area contributed by atoms with Crippen molar-refractivity contribution in [3.05, 3.63) is 105 Å². The molecule has 0 radical (unpaired) electrons. The summed E-state index contributed by atoms with van der Waals surface area (Å²) in [5.41, 5.74) is 3.37. The molecule has 0 aliphatic rings. The van der Waals surface area contributed by atoms with Crippen LogP contribution in [0.1, 0.15) is 26.3 Å². The Balaban J connectivity index is 1.56. The standard InChI is InChI=1S/C21H14ClN3O5/c22-19-4-2-1-3-18(19)21(27)30-17-11-5-14(6-12-17)13-23-24-20(26)15-7-9-16(10-8-15)25(28)29/h1-13H,(H,24,26). The molecule has 30 heavy (non-hydrogen) atoms. The van der Waals surface area contributed by atoms with Gasteiger partial charge in [-0.05, 0) is 54.1 Å². The Labute approximate surface area is 175 Å². The highest BCUT2D eigenvalue weighted by Gasteiger charge is 2.12. The fraction of sp³-hybridized carbons (Fsp3) is 0. The predicted octanol–water partition coefficient (Wildman–Crippen LogP) is 4.23. The number of hydrogen-bond donors (Lipinski definition) is 1. The fourth-order valence-electron chi connectivity index (χ4n) is 2.38. The topological polar surface area (TPSA) is 111 Å². The van der Waals surface area contributed by atoms with Crippen LogP contribution in [0.25, 0.3) is 0 Å². The van der Waals surface area contributed by atoms with E-state index in [1.165, 1.54) is 30.5 Å². The third-order valence-corrected chi connectivity index (χ3v) is 4.23. The summed E-state index contributed by atoms with van der Waals surface area (Å²) in [5, 5.41) is 14.8. The Morgan fingerprint density at radius 3 is 2.30 bits per heavy atom. The SMILES string of the molecule is O=C(NN=Cc1ccc(OC(=O)c2ccccc2Cl)cc1)c1ccc([N+](=O)[O-])cc1. The van der Waals surface area contributed by atoms with Gasteiger partial charge in [0.25, 0.3) is 11.6 Å². The monoisotopic (exact) mass is 423 g/mol. The summed E-state index contributed by atoms with van der Waals surface area (Å²) in [5.74, 6) is -0.754. The molecule has 0 aromatic heterocycles. The van der Waals surface area contributed by atoms with Crippen LogP contribution in [0.15, 0.2) is 77.9 Å². The zero-order valence-electron chi connectivity index (χ0n) is 15.3. The number of carbonyl (C=O) groups excluding carboxylic acids is 2. The third-order valence-electron chi connectivity index (χ3n) is 3.90. The van der Waals surface area contributed by atoms with Gasteiger partial charge < -0.3 is 4.74 Å². The number of nitro groups is 1. The second kappa shape index (κ2) is 9.44. The summed E-state index contributed by atoms with van der Waals surface area (Å²) in [6.07, 6.45) is 1.41. The number of nitrogens with one attached hydrogen (secondary N) is 1. The number of esters is 1. The number of benzene rings is 3. The average molecular weight is 424 g/mol. The highest BCUT2D eigenvalue weighted by Crippen LogP contribution is 2.19. The van der Waals surface area contributed by atoms with Crippen molar-refractivity contribution in [2.75, 3.05) is 0 Å². The van der Waals surface area contributed by atoms with Gasteiger partial charge in [0.2, 0.25) is 0 Å². The molecule has 0 aliphatic carbocycles. The second-order valence-corrected chi connectivity index (χ2v) is 6.35. The van der Waals surface area contributed by atoms with Gasteiger partial charge in [0.05, 0.1) is 21.7 Å². The van der Waals surface area contributed by atoms with Crippen molar-refractivity contribution in [3.8, 4) is 5.75 Å². The first-order valence-electron chi connectivity index (χ1n) is 8.58. The summed E-state index contributed by atoms with van der Waals surface area (Å²) in [7, 11) is 0. The van der Waals surface area contributed by atoms with Gasteiger partial charge in [-0.2, -0.15) is 5.10 Å². The first-order valence-corrected chi connectivity index (χ1v) is 8.96. The van der Waals surface area contributed by atoms with Crippen LogP contribution in [-0.4, -0.2) is 23.0 Å². The molecule has 1 N–H and O–H groups in total. The summed E-state index contributed by atoms with van der Waals surface area (Å²) in [6.45, 7) is 0. The van der Waals surface area contributed by atoms with Gasteiger partial charge in [-0.25, -0.2) is 10.2 Å². The summed E-state index contributed by atoms with van der Waals surface area (Å²) in [4.78, 5) is 34.2. The number of nitrogens with zero attached hydrogens (tertiary/aromatic N) is 2. The maximum Gasteiger partial charge on any atom is 0.345 e. The van der Waals surface area contributed by atoms with Gasteiger partial charge in [0.15, 0.2) is 0 Å². The molecular formula is C21H14ClN3O5. The zero-order chi connectivity index (χ0) is 21.5. The maximum absolute atomic E-state index is 12.1. The van der Waals surface area contributed by atoms with Crippen molar-refractivity contribution in [1.82, 2.24) is 5.43 Å². The van der Waals surface area contributed by atoms with Crippen molar-refractivity contribution in [2.45, 2.75) is 0 Å². The van der Waals surface area contributed by atoms with Gasteiger partial charge in [0, 0.05) is 17.7 Å². The molecule has 150 valence electrons. The summed E-state index contributed by atoms with van der Waals surface area (Å²) < 4.78 is 5.28. The number of carbonyl (C=O) groups is 2. The lowest BCUT2D eigenvalue weighted by Gasteiger charge is -2.06. The molecule has 0 aliphatic heterocycles. The number of hydrogen-bond acceptors (Lipinski definition) is 6. The summed E-state index contributed by atoms with van der Waals surface area (Å²) in [6, 6.07) is 18.2. The molecule has 0 bridgehead atoms. The Morgan fingerprint density at radius 2 is 1.67 bits per heavy atom. The van der Waals surface area contributed by atoms with Crippen LogP contribution in [0.2, 0.25) is 5.02 Å². The predicted molar refractivity (Wildman–Crippen MR) is 111 cm³/mol. The lowest BCUT2D eigenvalue weighted by molar-refractivity contribution is -0.384. The van der Waals surface area contributed by atoms with Crippen LogP contribution < -0.4 is 10.2 Å². The first-order chi connectivity index (χ1) is 14.4. The number of nitro benzene ring substituents is 1.